The third-order valence-corrected chi connectivity index (χ3v) is 4.68. The number of fused-ring (bicyclic) bond motifs is 1. The minimum atomic E-state index is 0.0397. The minimum absolute atomic E-state index is 0.0397. The summed E-state index contributed by atoms with van der Waals surface area (Å²) < 4.78 is 0. The van der Waals surface area contributed by atoms with E-state index in [2.05, 4.69) is 26.1 Å². The first-order valence-corrected chi connectivity index (χ1v) is 7.19. The third-order valence-electron chi connectivity index (χ3n) is 3.20. The van der Waals surface area contributed by atoms with Crippen molar-refractivity contribution in [3.63, 3.8) is 0 Å². The van der Waals surface area contributed by atoms with Gasteiger partial charge in [0.25, 0.3) is 0 Å². The predicted molar refractivity (Wildman–Crippen MR) is 70.1 cm³/mol. The first-order chi connectivity index (χ1) is 7.63. The van der Waals surface area contributed by atoms with Crippen LogP contribution in [0.4, 0.5) is 0 Å². The van der Waals surface area contributed by atoms with Crippen LogP contribution in [0.15, 0.2) is 0 Å². The van der Waals surface area contributed by atoms with Gasteiger partial charge in [0.1, 0.15) is 5.01 Å². The fourth-order valence-corrected chi connectivity index (χ4v) is 3.36. The van der Waals surface area contributed by atoms with Crippen LogP contribution in [0.2, 0.25) is 0 Å². The van der Waals surface area contributed by atoms with Crippen molar-refractivity contribution in [1.82, 2.24) is 10.3 Å². The van der Waals surface area contributed by atoms with E-state index < -0.39 is 0 Å². The molecule has 1 aromatic heterocycles. The van der Waals surface area contributed by atoms with Gasteiger partial charge in [-0.3, -0.25) is 0 Å². The Hall–Kier alpha value is -0.410. The molecule has 0 spiro atoms. The van der Waals surface area contributed by atoms with Crippen LogP contribution in [-0.2, 0) is 18.4 Å². The number of hydrogen-bond acceptors (Lipinski definition) is 3. The number of hydrogen-bond donors (Lipinski definition) is 1. The summed E-state index contributed by atoms with van der Waals surface area (Å²) in [5, 5.41) is 4.85. The van der Waals surface area contributed by atoms with Crippen LogP contribution in [0.25, 0.3) is 0 Å². The van der Waals surface area contributed by atoms with Gasteiger partial charge in [-0.15, -0.1) is 11.3 Å². The molecule has 1 heterocycles. The Morgan fingerprint density at radius 3 is 2.75 bits per heavy atom. The van der Waals surface area contributed by atoms with Gasteiger partial charge in [-0.1, -0.05) is 6.92 Å². The van der Waals surface area contributed by atoms with Crippen molar-refractivity contribution >= 4 is 11.3 Å². The lowest BCUT2D eigenvalue weighted by Crippen LogP contribution is -2.36. The van der Waals surface area contributed by atoms with Crippen molar-refractivity contribution in [2.24, 2.45) is 0 Å². The molecule has 0 radical (unpaired) electrons. The molecular weight excluding hydrogens is 216 g/mol. The maximum atomic E-state index is 4.83. The van der Waals surface area contributed by atoms with Crippen molar-refractivity contribution < 1.29 is 0 Å². The summed E-state index contributed by atoms with van der Waals surface area (Å²) in [6, 6.07) is 0. The Balaban J connectivity index is 2.16. The van der Waals surface area contributed by atoms with Crippen LogP contribution < -0.4 is 5.32 Å². The SMILES string of the molecule is CCCNC(C)(C)c1nc2c(s1)CCCC2. The van der Waals surface area contributed by atoms with Gasteiger partial charge in [-0.05, 0) is 52.5 Å². The zero-order valence-electron chi connectivity index (χ0n) is 10.6. The van der Waals surface area contributed by atoms with E-state index in [1.165, 1.54) is 47.7 Å². The monoisotopic (exact) mass is 238 g/mol. The van der Waals surface area contributed by atoms with E-state index in [4.69, 9.17) is 4.98 Å². The first-order valence-electron chi connectivity index (χ1n) is 6.37. The lowest BCUT2D eigenvalue weighted by atomic mass is 10.0. The van der Waals surface area contributed by atoms with E-state index in [0.29, 0.717) is 0 Å². The lowest BCUT2D eigenvalue weighted by Gasteiger charge is -2.23. The molecule has 3 heteroatoms. The summed E-state index contributed by atoms with van der Waals surface area (Å²) in [5.41, 5.74) is 1.41. The smallest absolute Gasteiger partial charge is 0.113 e. The maximum Gasteiger partial charge on any atom is 0.113 e. The third kappa shape index (κ3) is 2.46. The highest BCUT2D eigenvalue weighted by molar-refractivity contribution is 7.11. The fraction of sp³-hybridized carbons (Fsp3) is 0.769. The molecule has 90 valence electrons. The summed E-state index contributed by atoms with van der Waals surface area (Å²) in [6.45, 7) is 7.76. The van der Waals surface area contributed by atoms with E-state index in [1.54, 1.807) is 0 Å². The number of thiazole rings is 1. The van der Waals surface area contributed by atoms with Gasteiger partial charge in [0.15, 0.2) is 0 Å². The summed E-state index contributed by atoms with van der Waals surface area (Å²) in [7, 11) is 0. The van der Waals surface area contributed by atoms with Crippen molar-refractivity contribution in [3.05, 3.63) is 15.6 Å². The average Bonchev–Trinajstić information content (AvgIpc) is 2.71. The molecular formula is C13H22N2S. The number of nitrogens with one attached hydrogen (secondary N) is 1. The van der Waals surface area contributed by atoms with Gasteiger partial charge < -0.3 is 5.32 Å². The first kappa shape index (κ1) is 12.1. The Morgan fingerprint density at radius 2 is 2.06 bits per heavy atom. The van der Waals surface area contributed by atoms with Crippen LogP contribution in [0, 0.1) is 0 Å². The highest BCUT2D eigenvalue weighted by atomic mass is 32.1. The van der Waals surface area contributed by atoms with Crippen LogP contribution in [0.5, 0.6) is 0 Å². The van der Waals surface area contributed by atoms with Gasteiger partial charge in [-0.2, -0.15) is 0 Å². The van der Waals surface area contributed by atoms with Crippen LogP contribution in [-0.4, -0.2) is 11.5 Å². The summed E-state index contributed by atoms with van der Waals surface area (Å²) in [5.74, 6) is 0. The molecule has 1 N–H and O–H groups in total. The zero-order chi connectivity index (χ0) is 11.6. The van der Waals surface area contributed by atoms with Crippen LogP contribution >= 0.6 is 11.3 Å². The predicted octanol–water partition coefficient (Wildman–Crippen LogP) is 3.26. The summed E-state index contributed by atoms with van der Waals surface area (Å²) in [4.78, 5) is 6.37. The van der Waals surface area contributed by atoms with Crippen LogP contribution in [0.3, 0.4) is 0 Å². The molecule has 0 aromatic carbocycles. The number of rotatable bonds is 4. The van der Waals surface area contributed by atoms with Crippen molar-refractivity contribution in [2.75, 3.05) is 6.54 Å². The fourth-order valence-electron chi connectivity index (χ4n) is 2.13. The average molecular weight is 238 g/mol. The zero-order valence-corrected chi connectivity index (χ0v) is 11.4. The van der Waals surface area contributed by atoms with E-state index in [1.807, 2.05) is 11.3 Å². The van der Waals surface area contributed by atoms with Gasteiger partial charge >= 0.3 is 0 Å². The largest absolute Gasteiger partial charge is 0.306 e. The maximum absolute atomic E-state index is 4.83. The second kappa shape index (κ2) is 4.84. The molecule has 1 aliphatic rings. The van der Waals surface area contributed by atoms with Gasteiger partial charge in [0.2, 0.25) is 0 Å². The quantitative estimate of drug-likeness (QED) is 0.871. The Labute approximate surface area is 102 Å². The van der Waals surface area contributed by atoms with E-state index in [9.17, 15) is 0 Å². The molecule has 0 aliphatic heterocycles. The van der Waals surface area contributed by atoms with Gasteiger partial charge in [0, 0.05) is 4.88 Å². The minimum Gasteiger partial charge on any atom is -0.306 e. The van der Waals surface area contributed by atoms with Crippen molar-refractivity contribution in [3.8, 4) is 0 Å². The molecule has 1 aliphatic carbocycles. The Kier molecular flexibility index (Phi) is 3.65. The van der Waals surface area contributed by atoms with E-state index in [0.717, 1.165) is 6.54 Å². The highest BCUT2D eigenvalue weighted by Crippen LogP contribution is 2.32. The molecule has 0 amide bonds. The van der Waals surface area contributed by atoms with E-state index in [-0.39, 0.29) is 5.54 Å². The standard InChI is InChI=1S/C13H22N2S/c1-4-9-14-13(2,3)12-15-10-7-5-6-8-11(10)16-12/h14H,4-9H2,1-3H3. The topological polar surface area (TPSA) is 24.9 Å². The molecule has 0 saturated carbocycles. The molecule has 0 unspecified atom stereocenters. The number of aryl methyl sites for hydroxylation is 2. The van der Waals surface area contributed by atoms with Crippen LogP contribution in [0.1, 0.15) is 55.6 Å². The molecule has 1 aromatic rings. The molecule has 2 rings (SSSR count). The Bertz CT molecular complexity index is 331. The molecule has 2 nitrogen and oxygen atoms in total. The highest BCUT2D eigenvalue weighted by Gasteiger charge is 2.26. The van der Waals surface area contributed by atoms with Gasteiger partial charge in [-0.25, -0.2) is 4.98 Å². The number of aromatic nitrogens is 1. The summed E-state index contributed by atoms with van der Waals surface area (Å²) in [6.07, 6.45) is 6.28. The Morgan fingerprint density at radius 1 is 1.31 bits per heavy atom. The molecule has 0 atom stereocenters. The second-order valence-electron chi connectivity index (χ2n) is 5.15. The van der Waals surface area contributed by atoms with Crippen molar-refractivity contribution in [2.45, 2.75) is 58.4 Å². The van der Waals surface area contributed by atoms with Crippen molar-refractivity contribution in [1.29, 1.82) is 0 Å². The molecule has 16 heavy (non-hydrogen) atoms. The molecule has 0 bridgehead atoms. The normalized spacial score (nSPS) is 16.2. The van der Waals surface area contributed by atoms with Gasteiger partial charge in [0.05, 0.1) is 11.2 Å². The lowest BCUT2D eigenvalue weighted by molar-refractivity contribution is 0.401. The van der Waals surface area contributed by atoms with E-state index >= 15 is 0 Å². The summed E-state index contributed by atoms with van der Waals surface area (Å²) >= 11 is 1.92. The molecule has 0 fully saturated rings. The second-order valence-corrected chi connectivity index (χ2v) is 6.23. The molecule has 0 saturated heterocycles. The number of nitrogens with zero attached hydrogens (tertiary/aromatic N) is 1.